The number of oxime groups is 2. The van der Waals surface area contributed by atoms with Gasteiger partial charge in [0.1, 0.15) is 11.4 Å². The summed E-state index contributed by atoms with van der Waals surface area (Å²) < 4.78 is 0. The lowest BCUT2D eigenvalue weighted by molar-refractivity contribution is 0.313. The second-order valence-corrected chi connectivity index (χ2v) is 3.40. The molecule has 4 nitrogen and oxygen atoms in total. The predicted octanol–water partition coefficient (Wildman–Crippen LogP) is 2.67. The number of hydrogen-bond donors (Lipinski definition) is 2. The van der Waals surface area contributed by atoms with Crippen molar-refractivity contribution < 1.29 is 10.4 Å². The Morgan fingerprint density at radius 2 is 1.69 bits per heavy atom. The van der Waals surface area contributed by atoms with E-state index in [0.29, 0.717) is 17.8 Å². The molecule has 1 aromatic carbocycles. The van der Waals surface area contributed by atoms with Crippen molar-refractivity contribution in [2.45, 2.75) is 26.7 Å². The van der Waals surface area contributed by atoms with Gasteiger partial charge in [0, 0.05) is 5.56 Å². The molecule has 16 heavy (non-hydrogen) atoms. The maximum atomic E-state index is 8.93. The van der Waals surface area contributed by atoms with Crippen LogP contribution >= 0.6 is 0 Å². The summed E-state index contributed by atoms with van der Waals surface area (Å²) in [6, 6.07) is 7.64. The fraction of sp³-hybridized carbons (Fsp3) is 0.333. The minimum absolute atomic E-state index is 0.313. The maximum Gasteiger partial charge on any atom is 0.134 e. The Morgan fingerprint density at radius 3 is 2.06 bits per heavy atom. The normalized spacial score (nSPS) is 12.9. The van der Waals surface area contributed by atoms with Crippen LogP contribution < -0.4 is 0 Å². The Balaban J connectivity index is 3.05. The van der Waals surface area contributed by atoms with Gasteiger partial charge in [-0.15, -0.1) is 0 Å². The first-order valence-electron chi connectivity index (χ1n) is 5.29. The van der Waals surface area contributed by atoms with E-state index in [1.165, 1.54) is 5.56 Å². The molecule has 1 rings (SSSR count). The van der Waals surface area contributed by atoms with Crippen molar-refractivity contribution in [1.82, 2.24) is 0 Å². The van der Waals surface area contributed by atoms with Gasteiger partial charge in [-0.25, -0.2) is 0 Å². The summed E-state index contributed by atoms with van der Waals surface area (Å²) >= 11 is 0. The predicted molar refractivity (Wildman–Crippen MR) is 63.7 cm³/mol. The van der Waals surface area contributed by atoms with Crippen LogP contribution in [-0.4, -0.2) is 21.8 Å². The molecule has 2 N–H and O–H groups in total. The number of nitrogens with zero attached hydrogens (tertiary/aromatic N) is 2. The van der Waals surface area contributed by atoms with Crippen LogP contribution in [0.15, 0.2) is 34.6 Å². The summed E-state index contributed by atoms with van der Waals surface area (Å²) in [6.07, 6.45) is 1.46. The van der Waals surface area contributed by atoms with Crippen molar-refractivity contribution >= 4 is 11.4 Å². The number of rotatable bonds is 4. The third-order valence-corrected chi connectivity index (χ3v) is 2.46. The van der Waals surface area contributed by atoms with Crippen molar-refractivity contribution in [1.29, 1.82) is 0 Å². The molecule has 0 atom stereocenters. The summed E-state index contributed by atoms with van der Waals surface area (Å²) in [5.74, 6) is 0. The summed E-state index contributed by atoms with van der Waals surface area (Å²) in [6.45, 7) is 3.91. The Kier molecular flexibility index (Phi) is 4.51. The van der Waals surface area contributed by atoms with E-state index in [1.54, 1.807) is 0 Å². The lowest BCUT2D eigenvalue weighted by atomic mass is 10.0. The molecule has 1 aromatic rings. The van der Waals surface area contributed by atoms with Crippen LogP contribution in [-0.2, 0) is 6.42 Å². The number of hydrogen-bond acceptors (Lipinski definition) is 4. The molecule has 86 valence electrons. The standard InChI is InChI=1S/C12H16N2O2/c1-3-9-5-7-10(8-6-9)12(14-16)11(4-2)13-15/h5-8,15-16H,3-4H2,1-2H3/b13-11-,14-12-. The van der Waals surface area contributed by atoms with E-state index in [0.717, 1.165) is 12.0 Å². The van der Waals surface area contributed by atoms with Crippen LogP contribution in [0.5, 0.6) is 0 Å². The van der Waals surface area contributed by atoms with Crippen molar-refractivity contribution in [3.05, 3.63) is 35.4 Å². The topological polar surface area (TPSA) is 65.2 Å². The molecule has 0 aliphatic carbocycles. The smallest absolute Gasteiger partial charge is 0.134 e. The summed E-state index contributed by atoms with van der Waals surface area (Å²) in [5, 5.41) is 24.0. The van der Waals surface area contributed by atoms with Crippen LogP contribution in [0.25, 0.3) is 0 Å². The highest BCUT2D eigenvalue weighted by atomic mass is 16.4. The molecule has 0 fully saturated rings. The molecule has 0 saturated carbocycles. The van der Waals surface area contributed by atoms with E-state index in [4.69, 9.17) is 10.4 Å². The van der Waals surface area contributed by atoms with Gasteiger partial charge in [-0.1, -0.05) is 48.4 Å². The van der Waals surface area contributed by atoms with E-state index < -0.39 is 0 Å². The molecule has 0 aromatic heterocycles. The number of aryl methyl sites for hydroxylation is 1. The highest BCUT2D eigenvalue weighted by Gasteiger charge is 2.11. The van der Waals surface area contributed by atoms with Crippen molar-refractivity contribution in [2.24, 2.45) is 10.3 Å². The van der Waals surface area contributed by atoms with E-state index in [-0.39, 0.29) is 0 Å². The van der Waals surface area contributed by atoms with Crippen LogP contribution in [0.4, 0.5) is 0 Å². The van der Waals surface area contributed by atoms with Crippen LogP contribution in [0.3, 0.4) is 0 Å². The van der Waals surface area contributed by atoms with E-state index in [1.807, 2.05) is 31.2 Å². The second kappa shape index (κ2) is 5.90. The Morgan fingerprint density at radius 1 is 1.06 bits per heavy atom. The molecular weight excluding hydrogens is 204 g/mol. The maximum absolute atomic E-state index is 8.93. The molecular formula is C12H16N2O2. The second-order valence-electron chi connectivity index (χ2n) is 3.40. The van der Waals surface area contributed by atoms with Gasteiger partial charge < -0.3 is 10.4 Å². The Bertz CT molecular complexity index is 394. The van der Waals surface area contributed by atoms with Crippen molar-refractivity contribution in [2.75, 3.05) is 0 Å². The molecule has 0 radical (unpaired) electrons. The minimum atomic E-state index is 0.313. The molecule has 0 bridgehead atoms. The first-order valence-corrected chi connectivity index (χ1v) is 5.29. The fourth-order valence-electron chi connectivity index (χ4n) is 1.47. The highest BCUT2D eigenvalue weighted by molar-refractivity contribution is 6.48. The van der Waals surface area contributed by atoms with Gasteiger partial charge in [-0.3, -0.25) is 0 Å². The Hall–Kier alpha value is -1.84. The van der Waals surface area contributed by atoms with E-state index >= 15 is 0 Å². The largest absolute Gasteiger partial charge is 0.411 e. The van der Waals surface area contributed by atoms with Gasteiger partial charge in [0.25, 0.3) is 0 Å². The van der Waals surface area contributed by atoms with Gasteiger partial charge >= 0.3 is 0 Å². The monoisotopic (exact) mass is 220 g/mol. The van der Waals surface area contributed by atoms with Crippen LogP contribution in [0.1, 0.15) is 31.4 Å². The van der Waals surface area contributed by atoms with Crippen LogP contribution in [0, 0.1) is 0 Å². The minimum Gasteiger partial charge on any atom is -0.411 e. The molecule has 0 unspecified atom stereocenters. The molecule has 0 aliphatic heterocycles. The third-order valence-electron chi connectivity index (χ3n) is 2.46. The SMILES string of the molecule is CCC(=N/O)/C(=N\O)c1ccc(CC)cc1. The first kappa shape index (κ1) is 12.2. The molecule has 0 heterocycles. The lowest BCUT2D eigenvalue weighted by Gasteiger charge is -2.05. The van der Waals surface area contributed by atoms with Gasteiger partial charge in [-0.2, -0.15) is 0 Å². The summed E-state index contributed by atoms with van der Waals surface area (Å²) in [5.41, 5.74) is 2.63. The first-order chi connectivity index (χ1) is 7.76. The number of benzene rings is 1. The third kappa shape index (κ3) is 2.59. The quantitative estimate of drug-likeness (QED) is 0.465. The zero-order valence-corrected chi connectivity index (χ0v) is 9.51. The summed E-state index contributed by atoms with van der Waals surface area (Å²) in [4.78, 5) is 0. The van der Waals surface area contributed by atoms with Crippen molar-refractivity contribution in [3.63, 3.8) is 0 Å². The average Bonchev–Trinajstić information content (AvgIpc) is 2.36. The van der Waals surface area contributed by atoms with E-state index in [2.05, 4.69) is 17.2 Å². The Labute approximate surface area is 94.9 Å². The van der Waals surface area contributed by atoms with Gasteiger partial charge in [-0.05, 0) is 18.4 Å². The van der Waals surface area contributed by atoms with Gasteiger partial charge in [0.15, 0.2) is 0 Å². The molecule has 4 heteroatoms. The zero-order valence-electron chi connectivity index (χ0n) is 9.51. The summed E-state index contributed by atoms with van der Waals surface area (Å²) in [7, 11) is 0. The fourth-order valence-corrected chi connectivity index (χ4v) is 1.47. The molecule has 0 spiro atoms. The van der Waals surface area contributed by atoms with Gasteiger partial charge in [0.05, 0.1) is 0 Å². The zero-order chi connectivity index (χ0) is 12.0. The molecule has 0 aliphatic rings. The van der Waals surface area contributed by atoms with Crippen molar-refractivity contribution in [3.8, 4) is 0 Å². The van der Waals surface area contributed by atoms with E-state index in [9.17, 15) is 0 Å². The highest BCUT2D eigenvalue weighted by Crippen LogP contribution is 2.08. The molecule has 0 saturated heterocycles. The molecule has 0 amide bonds. The van der Waals surface area contributed by atoms with Crippen LogP contribution in [0.2, 0.25) is 0 Å². The van der Waals surface area contributed by atoms with Gasteiger partial charge in [0.2, 0.25) is 0 Å². The lowest BCUT2D eigenvalue weighted by Crippen LogP contribution is -2.15. The average molecular weight is 220 g/mol.